The summed E-state index contributed by atoms with van der Waals surface area (Å²) in [5.41, 5.74) is 4.69. The number of carbonyl (C=O) groups excluding carboxylic acids is 5. The van der Waals surface area contributed by atoms with Crippen molar-refractivity contribution in [3.63, 3.8) is 0 Å². The maximum Gasteiger partial charge on any atom is 0.408 e. The predicted molar refractivity (Wildman–Crippen MR) is 221 cm³/mol. The molecule has 4 amide bonds. The fraction of sp³-hybridized carbons (Fsp3) is 0.239. The van der Waals surface area contributed by atoms with Crippen molar-refractivity contribution >= 4 is 41.3 Å². The standard InChI is InChI=1S/C46H48N4O8/c1-30(2)40(49-45(54)57-28-32-14-8-5-9-15-32)42(51)47-38-24-37(44(53)56-27-34-20-22-36(23-21-34)35-18-12-7-13-19-35)25-39(26-38)48-43(52)41(31(3)4)50-46(55)58-29-33-16-10-6-11-17-33/h5-26,30-31,40-41H,27-29H2,1-4H3,(H,47,51)(H,48,52)(H,49,54)(H,50,55)/t40-,41-/m0/s1. The summed E-state index contributed by atoms with van der Waals surface area (Å²) in [5.74, 6) is -2.61. The fourth-order valence-corrected chi connectivity index (χ4v) is 5.84. The summed E-state index contributed by atoms with van der Waals surface area (Å²) < 4.78 is 16.4. The second kappa shape index (κ2) is 20.8. The van der Waals surface area contributed by atoms with Gasteiger partial charge in [0.15, 0.2) is 0 Å². The third kappa shape index (κ3) is 12.8. The Hall–Kier alpha value is -6.95. The summed E-state index contributed by atoms with van der Waals surface area (Å²) in [6.45, 7) is 7.03. The number of anilines is 2. The number of nitrogens with one attached hydrogen (secondary N) is 4. The highest BCUT2D eigenvalue weighted by atomic mass is 16.6. The van der Waals surface area contributed by atoms with Crippen LogP contribution in [-0.2, 0) is 43.6 Å². The third-order valence-electron chi connectivity index (χ3n) is 9.01. The number of amides is 4. The maximum atomic E-state index is 13.7. The van der Waals surface area contributed by atoms with Gasteiger partial charge in [0.1, 0.15) is 31.9 Å². The highest BCUT2D eigenvalue weighted by Crippen LogP contribution is 2.24. The zero-order valence-corrected chi connectivity index (χ0v) is 32.9. The van der Waals surface area contributed by atoms with Crippen LogP contribution in [0.4, 0.5) is 21.0 Å². The molecular weight excluding hydrogens is 737 g/mol. The molecule has 0 saturated carbocycles. The molecule has 0 unspecified atom stereocenters. The van der Waals surface area contributed by atoms with Crippen LogP contribution in [0.1, 0.15) is 54.7 Å². The van der Waals surface area contributed by atoms with E-state index >= 15 is 0 Å². The molecule has 0 bridgehead atoms. The van der Waals surface area contributed by atoms with Gasteiger partial charge in [-0.2, -0.15) is 0 Å². The zero-order valence-electron chi connectivity index (χ0n) is 32.9. The molecule has 5 rings (SSSR count). The highest BCUT2D eigenvalue weighted by molar-refractivity contribution is 6.02. The van der Waals surface area contributed by atoms with Crippen molar-refractivity contribution in [1.82, 2.24) is 10.6 Å². The largest absolute Gasteiger partial charge is 0.457 e. The summed E-state index contributed by atoms with van der Waals surface area (Å²) >= 11 is 0. The van der Waals surface area contributed by atoms with Gasteiger partial charge in [0, 0.05) is 11.4 Å². The van der Waals surface area contributed by atoms with Gasteiger partial charge in [0.05, 0.1) is 5.56 Å². The van der Waals surface area contributed by atoms with Crippen LogP contribution in [0.15, 0.2) is 133 Å². The van der Waals surface area contributed by atoms with E-state index in [9.17, 15) is 24.0 Å². The van der Waals surface area contributed by atoms with Gasteiger partial charge in [-0.15, -0.1) is 0 Å². The van der Waals surface area contributed by atoms with Gasteiger partial charge in [-0.05, 0) is 57.9 Å². The van der Waals surface area contributed by atoms with Gasteiger partial charge in [-0.1, -0.05) is 143 Å². The summed E-state index contributed by atoms with van der Waals surface area (Å²) in [6.07, 6.45) is -1.57. The Morgan fingerprint density at radius 1 is 0.466 bits per heavy atom. The van der Waals surface area contributed by atoms with E-state index in [4.69, 9.17) is 14.2 Å². The van der Waals surface area contributed by atoms with Gasteiger partial charge < -0.3 is 35.5 Å². The van der Waals surface area contributed by atoms with Crippen molar-refractivity contribution < 1.29 is 38.2 Å². The molecular formula is C46H48N4O8. The summed E-state index contributed by atoms with van der Waals surface area (Å²) in [5, 5.41) is 10.8. The van der Waals surface area contributed by atoms with E-state index in [0.717, 1.165) is 27.8 Å². The first-order valence-corrected chi connectivity index (χ1v) is 19.0. The van der Waals surface area contributed by atoms with Crippen molar-refractivity contribution in [2.24, 2.45) is 11.8 Å². The number of ether oxygens (including phenoxy) is 3. The second-order valence-electron chi connectivity index (χ2n) is 14.3. The number of benzene rings is 5. The lowest BCUT2D eigenvalue weighted by Crippen LogP contribution is -2.47. The highest BCUT2D eigenvalue weighted by Gasteiger charge is 2.28. The first kappa shape index (κ1) is 42.2. The molecule has 4 N–H and O–H groups in total. The van der Waals surface area contributed by atoms with E-state index in [-0.39, 0.29) is 48.6 Å². The smallest absolute Gasteiger partial charge is 0.408 e. The fourth-order valence-electron chi connectivity index (χ4n) is 5.84. The molecule has 58 heavy (non-hydrogen) atoms. The lowest BCUT2D eigenvalue weighted by molar-refractivity contribution is -0.119. The molecule has 5 aromatic carbocycles. The van der Waals surface area contributed by atoms with Crippen molar-refractivity contribution in [3.8, 4) is 11.1 Å². The van der Waals surface area contributed by atoms with Crippen LogP contribution >= 0.6 is 0 Å². The Morgan fingerprint density at radius 2 is 0.845 bits per heavy atom. The van der Waals surface area contributed by atoms with E-state index in [2.05, 4.69) is 21.3 Å². The number of esters is 1. The van der Waals surface area contributed by atoms with Crippen molar-refractivity contribution in [1.29, 1.82) is 0 Å². The van der Waals surface area contributed by atoms with Crippen LogP contribution in [0, 0.1) is 11.8 Å². The van der Waals surface area contributed by atoms with E-state index < -0.39 is 42.1 Å². The Balaban J connectivity index is 1.31. The number of hydrogen-bond donors (Lipinski definition) is 4. The van der Waals surface area contributed by atoms with Crippen molar-refractivity contribution in [3.05, 3.63) is 156 Å². The van der Waals surface area contributed by atoms with Crippen LogP contribution < -0.4 is 21.3 Å². The maximum absolute atomic E-state index is 13.7. The van der Waals surface area contributed by atoms with Crippen LogP contribution in [0.3, 0.4) is 0 Å². The molecule has 5 aromatic rings. The van der Waals surface area contributed by atoms with Gasteiger partial charge in [0.2, 0.25) is 11.8 Å². The molecule has 0 radical (unpaired) electrons. The first-order valence-electron chi connectivity index (χ1n) is 19.0. The summed E-state index contributed by atoms with van der Waals surface area (Å²) in [4.78, 5) is 66.3. The minimum Gasteiger partial charge on any atom is -0.457 e. The molecule has 12 heteroatoms. The van der Waals surface area contributed by atoms with Gasteiger partial charge in [-0.25, -0.2) is 14.4 Å². The number of alkyl carbamates (subject to hydrolysis) is 2. The summed E-state index contributed by atoms with van der Waals surface area (Å²) in [7, 11) is 0. The quantitative estimate of drug-likeness (QED) is 0.0572. The van der Waals surface area contributed by atoms with Gasteiger partial charge >= 0.3 is 18.2 Å². The molecule has 0 aliphatic rings. The van der Waals surface area contributed by atoms with E-state index in [1.807, 2.05) is 115 Å². The Kier molecular flexibility index (Phi) is 15.1. The van der Waals surface area contributed by atoms with Crippen molar-refractivity contribution in [2.45, 2.75) is 59.6 Å². The Bertz CT molecular complexity index is 2040. The van der Waals surface area contributed by atoms with Crippen LogP contribution in [-0.4, -0.2) is 42.1 Å². The zero-order chi connectivity index (χ0) is 41.4. The average molecular weight is 785 g/mol. The van der Waals surface area contributed by atoms with Gasteiger partial charge in [-0.3, -0.25) is 9.59 Å². The monoisotopic (exact) mass is 784 g/mol. The van der Waals surface area contributed by atoms with Crippen LogP contribution in [0.2, 0.25) is 0 Å². The molecule has 0 aromatic heterocycles. The Morgan fingerprint density at radius 3 is 1.28 bits per heavy atom. The van der Waals surface area contributed by atoms with E-state index in [0.29, 0.717) is 0 Å². The van der Waals surface area contributed by atoms with Crippen LogP contribution in [0.25, 0.3) is 11.1 Å². The topological polar surface area (TPSA) is 161 Å². The average Bonchev–Trinajstić information content (AvgIpc) is 3.23. The molecule has 2 atom stereocenters. The van der Waals surface area contributed by atoms with Crippen LogP contribution in [0.5, 0.6) is 0 Å². The molecule has 0 fully saturated rings. The molecule has 0 aliphatic heterocycles. The molecule has 0 saturated heterocycles. The third-order valence-corrected chi connectivity index (χ3v) is 9.01. The Labute approximate surface area is 338 Å². The minimum absolute atomic E-state index is 0.0144. The SMILES string of the molecule is CC(C)[C@H](NC(=O)OCc1ccccc1)C(=O)Nc1cc(NC(=O)[C@@H](NC(=O)OCc2ccccc2)C(C)C)cc(C(=O)OCc2ccc(-c3ccccc3)cc2)c1. The molecule has 12 nitrogen and oxygen atoms in total. The second-order valence-corrected chi connectivity index (χ2v) is 14.3. The molecule has 0 spiro atoms. The number of rotatable bonds is 16. The van der Waals surface area contributed by atoms with E-state index in [1.165, 1.54) is 18.2 Å². The number of hydrogen-bond acceptors (Lipinski definition) is 8. The first-order chi connectivity index (χ1) is 27.9. The van der Waals surface area contributed by atoms with E-state index in [1.54, 1.807) is 27.7 Å². The summed E-state index contributed by atoms with van der Waals surface area (Å²) in [6, 6.07) is 38.0. The molecule has 0 heterocycles. The lowest BCUT2D eigenvalue weighted by Gasteiger charge is -2.23. The lowest BCUT2D eigenvalue weighted by atomic mass is 10.0. The molecule has 300 valence electrons. The number of carbonyl (C=O) groups is 5. The van der Waals surface area contributed by atoms with Crippen molar-refractivity contribution in [2.75, 3.05) is 10.6 Å². The predicted octanol–water partition coefficient (Wildman–Crippen LogP) is 8.49. The molecule has 0 aliphatic carbocycles. The minimum atomic E-state index is -1.02. The normalized spacial score (nSPS) is 11.8. The van der Waals surface area contributed by atoms with Gasteiger partial charge in [0.25, 0.3) is 0 Å².